The molecule has 0 aromatic heterocycles. The van der Waals surface area contributed by atoms with Crippen molar-refractivity contribution in [2.24, 2.45) is 0 Å². The number of amides is 2. The number of morpholine rings is 1. The first-order valence-corrected chi connectivity index (χ1v) is 8.80. The van der Waals surface area contributed by atoms with Crippen LogP contribution in [0.25, 0.3) is 0 Å². The maximum absolute atomic E-state index is 13.1. The second kappa shape index (κ2) is 7.34. The van der Waals surface area contributed by atoms with Crippen molar-refractivity contribution in [3.05, 3.63) is 35.4 Å². The minimum atomic E-state index is -0.617. The summed E-state index contributed by atoms with van der Waals surface area (Å²) in [7, 11) is 1.76. The van der Waals surface area contributed by atoms with Crippen LogP contribution < -0.4 is 0 Å². The van der Waals surface area contributed by atoms with Crippen molar-refractivity contribution in [2.45, 2.75) is 44.8 Å². The molecular formula is C19H26N2O3. The molecule has 2 saturated heterocycles. The number of hydrogen-bond acceptors (Lipinski definition) is 3. The number of carbonyl (C=O) groups is 2. The Morgan fingerprint density at radius 2 is 1.71 bits per heavy atom. The Balaban J connectivity index is 1.86. The molecule has 0 N–H and O–H groups in total. The second-order valence-electron chi connectivity index (χ2n) is 6.83. The van der Waals surface area contributed by atoms with E-state index in [-0.39, 0.29) is 24.5 Å². The maximum Gasteiger partial charge on any atom is 0.254 e. The molecule has 1 aromatic carbocycles. The van der Waals surface area contributed by atoms with Crippen molar-refractivity contribution < 1.29 is 14.3 Å². The van der Waals surface area contributed by atoms with Crippen LogP contribution in [0.15, 0.2) is 24.3 Å². The van der Waals surface area contributed by atoms with E-state index in [9.17, 15) is 9.59 Å². The molecule has 2 heterocycles. The molecule has 2 amide bonds. The van der Waals surface area contributed by atoms with Gasteiger partial charge in [-0.25, -0.2) is 0 Å². The molecule has 3 rings (SSSR count). The van der Waals surface area contributed by atoms with Gasteiger partial charge in [-0.3, -0.25) is 9.59 Å². The summed E-state index contributed by atoms with van der Waals surface area (Å²) < 4.78 is 5.73. The quantitative estimate of drug-likeness (QED) is 0.836. The first-order chi connectivity index (χ1) is 11.6. The van der Waals surface area contributed by atoms with Gasteiger partial charge in [-0.1, -0.05) is 42.7 Å². The number of likely N-dealkylation sites (N-methyl/N-ethyl adjacent to an activating group) is 1. The number of rotatable bonds is 2. The summed E-state index contributed by atoms with van der Waals surface area (Å²) in [6, 6.07) is 7.64. The number of aryl methyl sites for hydroxylation is 1. The summed E-state index contributed by atoms with van der Waals surface area (Å²) in [5.74, 6) is -0.0673. The molecule has 130 valence electrons. The lowest BCUT2D eigenvalue weighted by molar-refractivity contribution is -0.167. The summed E-state index contributed by atoms with van der Waals surface area (Å²) >= 11 is 0. The molecule has 2 aliphatic heterocycles. The Kier molecular flexibility index (Phi) is 5.19. The lowest BCUT2D eigenvalue weighted by Crippen LogP contribution is -2.54. The van der Waals surface area contributed by atoms with Crippen LogP contribution in [0.3, 0.4) is 0 Å². The second-order valence-corrected chi connectivity index (χ2v) is 6.83. The highest BCUT2D eigenvalue weighted by Crippen LogP contribution is 2.31. The molecule has 2 aliphatic rings. The monoisotopic (exact) mass is 330 g/mol. The molecule has 2 fully saturated rings. The van der Waals surface area contributed by atoms with Gasteiger partial charge in [-0.05, 0) is 25.3 Å². The maximum atomic E-state index is 13.1. The van der Waals surface area contributed by atoms with Crippen LogP contribution in [-0.4, -0.2) is 54.5 Å². The Hall–Kier alpha value is -1.88. The molecular weight excluding hydrogens is 304 g/mol. The van der Waals surface area contributed by atoms with Gasteiger partial charge in [0.05, 0.1) is 6.04 Å². The summed E-state index contributed by atoms with van der Waals surface area (Å²) in [5.41, 5.74) is 2.10. The van der Waals surface area contributed by atoms with Crippen molar-refractivity contribution in [3.63, 3.8) is 0 Å². The average Bonchev–Trinajstić information content (AvgIpc) is 2.87. The van der Waals surface area contributed by atoms with Crippen LogP contribution in [-0.2, 0) is 14.3 Å². The van der Waals surface area contributed by atoms with Gasteiger partial charge >= 0.3 is 0 Å². The molecule has 0 spiro atoms. The van der Waals surface area contributed by atoms with Crippen LogP contribution in [0.5, 0.6) is 0 Å². The molecule has 1 aromatic rings. The predicted molar refractivity (Wildman–Crippen MR) is 91.5 cm³/mol. The highest BCUT2D eigenvalue weighted by Gasteiger charge is 2.41. The largest absolute Gasteiger partial charge is 0.356 e. The summed E-state index contributed by atoms with van der Waals surface area (Å²) in [6.45, 7) is 3.58. The third-order valence-corrected chi connectivity index (χ3v) is 5.06. The smallest absolute Gasteiger partial charge is 0.254 e. The van der Waals surface area contributed by atoms with Crippen molar-refractivity contribution in [3.8, 4) is 0 Å². The zero-order chi connectivity index (χ0) is 17.1. The van der Waals surface area contributed by atoms with Crippen LogP contribution >= 0.6 is 0 Å². The van der Waals surface area contributed by atoms with Crippen molar-refractivity contribution >= 4 is 11.8 Å². The van der Waals surface area contributed by atoms with Gasteiger partial charge in [0.2, 0.25) is 5.91 Å². The van der Waals surface area contributed by atoms with Gasteiger partial charge in [0, 0.05) is 20.1 Å². The van der Waals surface area contributed by atoms with Crippen LogP contribution in [0, 0.1) is 6.92 Å². The molecule has 0 aliphatic carbocycles. The number of nitrogens with zero attached hydrogens (tertiary/aromatic N) is 2. The molecule has 0 bridgehead atoms. The minimum Gasteiger partial charge on any atom is -0.356 e. The Labute approximate surface area is 143 Å². The SMILES string of the molecule is Cc1ccc([C@@H]2[C@@H](C(=O)N3CCCCCC3)OCC(=O)N2C)cc1. The normalized spacial score (nSPS) is 25.5. The van der Waals surface area contributed by atoms with E-state index in [0.717, 1.165) is 37.1 Å². The third kappa shape index (κ3) is 3.46. The van der Waals surface area contributed by atoms with E-state index >= 15 is 0 Å². The topological polar surface area (TPSA) is 49.9 Å². The standard InChI is InChI=1S/C19H26N2O3/c1-14-7-9-15(10-8-14)17-18(24-13-16(22)20(17)2)19(23)21-11-5-3-4-6-12-21/h7-10,17-18H,3-6,11-13H2,1-2H3/t17-,18+/m1/s1. The van der Waals surface area contributed by atoms with Crippen molar-refractivity contribution in [1.82, 2.24) is 9.80 Å². The fraction of sp³-hybridized carbons (Fsp3) is 0.579. The summed E-state index contributed by atoms with van der Waals surface area (Å²) in [5, 5.41) is 0. The van der Waals surface area contributed by atoms with Gasteiger partial charge in [0.15, 0.2) is 6.10 Å². The van der Waals surface area contributed by atoms with Gasteiger partial charge in [0.1, 0.15) is 6.61 Å². The highest BCUT2D eigenvalue weighted by molar-refractivity contribution is 5.86. The highest BCUT2D eigenvalue weighted by atomic mass is 16.5. The first-order valence-electron chi connectivity index (χ1n) is 8.80. The molecule has 2 atom stereocenters. The predicted octanol–water partition coefficient (Wildman–Crippen LogP) is 2.30. The molecule has 5 heteroatoms. The third-order valence-electron chi connectivity index (χ3n) is 5.06. The summed E-state index contributed by atoms with van der Waals surface area (Å²) in [4.78, 5) is 28.8. The molecule has 24 heavy (non-hydrogen) atoms. The van der Waals surface area contributed by atoms with Gasteiger partial charge < -0.3 is 14.5 Å². The minimum absolute atomic E-state index is 0.0156. The van der Waals surface area contributed by atoms with Gasteiger partial charge in [-0.2, -0.15) is 0 Å². The molecule has 0 radical (unpaired) electrons. The molecule has 0 saturated carbocycles. The van der Waals surface area contributed by atoms with E-state index in [2.05, 4.69) is 0 Å². The van der Waals surface area contributed by atoms with Gasteiger partial charge in [0.25, 0.3) is 5.91 Å². The number of hydrogen-bond donors (Lipinski definition) is 0. The number of likely N-dealkylation sites (tertiary alicyclic amines) is 1. The Morgan fingerprint density at radius 1 is 1.08 bits per heavy atom. The number of ether oxygens (including phenoxy) is 1. The van der Waals surface area contributed by atoms with Crippen LogP contribution in [0.2, 0.25) is 0 Å². The molecule has 0 unspecified atom stereocenters. The van der Waals surface area contributed by atoms with E-state index in [1.54, 1.807) is 11.9 Å². The van der Waals surface area contributed by atoms with Crippen LogP contribution in [0.1, 0.15) is 42.9 Å². The van der Waals surface area contributed by atoms with Crippen LogP contribution in [0.4, 0.5) is 0 Å². The first kappa shape index (κ1) is 17.0. The zero-order valence-corrected chi connectivity index (χ0v) is 14.5. The zero-order valence-electron chi connectivity index (χ0n) is 14.5. The van der Waals surface area contributed by atoms with E-state index < -0.39 is 6.10 Å². The van der Waals surface area contributed by atoms with E-state index in [1.165, 1.54) is 12.8 Å². The lowest BCUT2D eigenvalue weighted by Gasteiger charge is -2.40. The Bertz CT molecular complexity index is 591. The average molecular weight is 330 g/mol. The van der Waals surface area contributed by atoms with Crippen molar-refractivity contribution in [1.29, 1.82) is 0 Å². The fourth-order valence-corrected chi connectivity index (χ4v) is 3.55. The summed E-state index contributed by atoms with van der Waals surface area (Å²) in [6.07, 6.45) is 3.82. The van der Waals surface area contributed by atoms with Gasteiger partial charge in [-0.15, -0.1) is 0 Å². The van der Waals surface area contributed by atoms with Crippen molar-refractivity contribution in [2.75, 3.05) is 26.7 Å². The van der Waals surface area contributed by atoms with E-state index in [4.69, 9.17) is 4.74 Å². The molecule has 5 nitrogen and oxygen atoms in total. The van der Waals surface area contributed by atoms with E-state index in [0.29, 0.717) is 0 Å². The Morgan fingerprint density at radius 3 is 2.33 bits per heavy atom. The fourth-order valence-electron chi connectivity index (χ4n) is 3.55. The number of benzene rings is 1. The van der Waals surface area contributed by atoms with E-state index in [1.807, 2.05) is 36.1 Å². The number of carbonyl (C=O) groups excluding carboxylic acids is 2. The lowest BCUT2D eigenvalue weighted by atomic mass is 9.96.